The van der Waals surface area contributed by atoms with Gasteiger partial charge in [0.1, 0.15) is 11.4 Å². The molecule has 1 aromatic heterocycles. The number of rotatable bonds is 3. The second-order valence-electron chi connectivity index (χ2n) is 6.71. The molecule has 1 aliphatic rings. The van der Waals surface area contributed by atoms with E-state index < -0.39 is 24.2 Å². The summed E-state index contributed by atoms with van der Waals surface area (Å²) in [5.74, 6) is -0.519. The van der Waals surface area contributed by atoms with Gasteiger partial charge in [-0.1, -0.05) is 41.9 Å². The molecule has 2 atom stereocenters. The first-order valence-corrected chi connectivity index (χ1v) is 9.23. The van der Waals surface area contributed by atoms with Crippen molar-refractivity contribution in [1.29, 1.82) is 0 Å². The molecule has 150 valence electrons. The van der Waals surface area contributed by atoms with Crippen molar-refractivity contribution in [1.82, 2.24) is 9.78 Å². The van der Waals surface area contributed by atoms with Crippen molar-refractivity contribution >= 4 is 29.0 Å². The van der Waals surface area contributed by atoms with Crippen molar-refractivity contribution in [3.63, 3.8) is 0 Å². The van der Waals surface area contributed by atoms with Gasteiger partial charge in [-0.2, -0.15) is 18.3 Å². The lowest BCUT2D eigenvalue weighted by molar-refractivity contribution is -0.173. The molecule has 0 bridgehead atoms. The van der Waals surface area contributed by atoms with E-state index in [4.69, 9.17) is 11.6 Å². The highest BCUT2D eigenvalue weighted by atomic mass is 35.5. The van der Waals surface area contributed by atoms with E-state index in [-0.39, 0.29) is 17.8 Å². The highest BCUT2D eigenvalue weighted by Crippen LogP contribution is 2.44. The summed E-state index contributed by atoms with van der Waals surface area (Å²) in [5.41, 5.74) is 1.22. The summed E-state index contributed by atoms with van der Waals surface area (Å²) >= 11 is 5.83. The minimum atomic E-state index is -4.50. The van der Waals surface area contributed by atoms with Crippen LogP contribution in [0.3, 0.4) is 0 Å². The van der Waals surface area contributed by atoms with Crippen LogP contribution in [0.4, 0.5) is 24.7 Å². The van der Waals surface area contributed by atoms with Gasteiger partial charge in [-0.3, -0.25) is 4.79 Å². The first-order valence-electron chi connectivity index (χ1n) is 8.85. The van der Waals surface area contributed by atoms with Crippen LogP contribution in [0.1, 0.15) is 34.4 Å². The lowest BCUT2D eigenvalue weighted by atomic mass is 9.96. The van der Waals surface area contributed by atoms with Crippen molar-refractivity contribution in [3.8, 4) is 0 Å². The van der Waals surface area contributed by atoms with Gasteiger partial charge in [0, 0.05) is 17.1 Å². The number of carbonyl (C=O) groups is 1. The van der Waals surface area contributed by atoms with Crippen LogP contribution >= 0.6 is 11.6 Å². The van der Waals surface area contributed by atoms with E-state index in [1.165, 1.54) is 0 Å². The fourth-order valence-electron chi connectivity index (χ4n) is 3.36. The van der Waals surface area contributed by atoms with E-state index in [0.29, 0.717) is 16.3 Å². The number of benzene rings is 2. The molecule has 0 fully saturated rings. The van der Waals surface area contributed by atoms with Gasteiger partial charge >= 0.3 is 6.18 Å². The van der Waals surface area contributed by atoms with Gasteiger partial charge < -0.3 is 10.6 Å². The summed E-state index contributed by atoms with van der Waals surface area (Å²) in [5, 5.41) is 10.1. The van der Waals surface area contributed by atoms with Gasteiger partial charge in [-0.25, -0.2) is 4.68 Å². The molecule has 1 amide bonds. The minimum Gasteiger partial charge on any atom is -0.363 e. The largest absolute Gasteiger partial charge is 0.410 e. The topological polar surface area (TPSA) is 59.0 Å². The van der Waals surface area contributed by atoms with Crippen LogP contribution in [0.5, 0.6) is 0 Å². The highest BCUT2D eigenvalue weighted by Gasteiger charge is 2.47. The highest BCUT2D eigenvalue weighted by molar-refractivity contribution is 6.30. The predicted octanol–water partition coefficient (Wildman–Crippen LogP) is 5.45. The van der Waals surface area contributed by atoms with E-state index in [9.17, 15) is 18.0 Å². The molecular weight excluding hydrogens is 405 g/mol. The SMILES string of the molecule is O=C(Nc1ccc(Cl)cc1)c1cnn2c1N[C@H](c1ccccc1)C[C@@H]2C(F)(F)F. The molecule has 2 N–H and O–H groups in total. The van der Waals surface area contributed by atoms with E-state index in [2.05, 4.69) is 15.7 Å². The van der Waals surface area contributed by atoms with Crippen LogP contribution in [-0.4, -0.2) is 21.9 Å². The maximum Gasteiger partial charge on any atom is 0.410 e. The summed E-state index contributed by atoms with van der Waals surface area (Å²) < 4.78 is 42.0. The molecule has 0 aliphatic carbocycles. The standard InChI is InChI=1S/C20H16ClF3N4O/c21-13-6-8-14(9-7-13)26-19(29)15-11-25-28-17(20(22,23)24)10-16(27-18(15)28)12-4-2-1-3-5-12/h1-9,11,16-17,27H,10H2,(H,26,29)/t16-,17+/m0/s1. The van der Waals surface area contributed by atoms with E-state index in [1.807, 2.05) is 0 Å². The van der Waals surface area contributed by atoms with Crippen LogP contribution in [0.15, 0.2) is 60.8 Å². The summed E-state index contributed by atoms with van der Waals surface area (Å²) in [6.07, 6.45) is -3.57. The Kier molecular flexibility index (Phi) is 4.96. The first-order chi connectivity index (χ1) is 13.8. The average Bonchev–Trinajstić information content (AvgIpc) is 3.13. The fraction of sp³-hybridized carbons (Fsp3) is 0.200. The van der Waals surface area contributed by atoms with Crippen LogP contribution in [0.2, 0.25) is 5.02 Å². The Morgan fingerprint density at radius 2 is 1.83 bits per heavy atom. The number of halogens is 4. The summed E-state index contributed by atoms with van der Waals surface area (Å²) in [6, 6.07) is 12.8. The molecule has 3 aromatic rings. The minimum absolute atomic E-state index is 0.0369. The number of anilines is 2. The molecule has 0 spiro atoms. The Morgan fingerprint density at radius 1 is 1.14 bits per heavy atom. The molecule has 4 rings (SSSR count). The third-order valence-corrected chi connectivity index (χ3v) is 5.04. The van der Waals surface area contributed by atoms with E-state index in [1.54, 1.807) is 54.6 Å². The normalized spacial score (nSPS) is 18.6. The zero-order valence-electron chi connectivity index (χ0n) is 14.9. The number of hydrogen-bond acceptors (Lipinski definition) is 3. The van der Waals surface area contributed by atoms with E-state index >= 15 is 0 Å². The van der Waals surface area contributed by atoms with Crippen LogP contribution in [0, 0.1) is 0 Å². The van der Waals surface area contributed by atoms with Crippen LogP contribution in [-0.2, 0) is 0 Å². The summed E-state index contributed by atoms with van der Waals surface area (Å²) in [6.45, 7) is 0. The summed E-state index contributed by atoms with van der Waals surface area (Å²) in [7, 11) is 0. The Bertz CT molecular complexity index is 1020. The number of hydrogen-bond donors (Lipinski definition) is 2. The van der Waals surface area contributed by atoms with E-state index in [0.717, 1.165) is 10.9 Å². The van der Waals surface area contributed by atoms with Gasteiger partial charge in [0.25, 0.3) is 5.91 Å². The predicted molar refractivity (Wildman–Crippen MR) is 104 cm³/mol. The van der Waals surface area contributed by atoms with Crippen molar-refractivity contribution in [2.45, 2.75) is 24.7 Å². The molecule has 9 heteroatoms. The molecule has 0 radical (unpaired) electrons. The Morgan fingerprint density at radius 3 is 2.48 bits per heavy atom. The Labute approximate surface area is 169 Å². The lowest BCUT2D eigenvalue weighted by Gasteiger charge is -2.34. The molecule has 0 unspecified atom stereocenters. The second kappa shape index (κ2) is 7.44. The molecular formula is C20H16ClF3N4O. The number of alkyl halides is 3. The second-order valence-corrected chi connectivity index (χ2v) is 7.15. The zero-order chi connectivity index (χ0) is 20.6. The van der Waals surface area contributed by atoms with Crippen molar-refractivity contribution in [2.75, 3.05) is 10.6 Å². The lowest BCUT2D eigenvalue weighted by Crippen LogP contribution is -2.36. The van der Waals surface area contributed by atoms with Crippen molar-refractivity contribution in [3.05, 3.63) is 76.9 Å². The average molecular weight is 421 g/mol. The number of carbonyl (C=O) groups excluding carboxylic acids is 1. The number of fused-ring (bicyclic) bond motifs is 1. The van der Waals surface area contributed by atoms with Gasteiger partial charge in [-0.05, 0) is 29.8 Å². The van der Waals surface area contributed by atoms with Gasteiger partial charge in [0.15, 0.2) is 6.04 Å². The first kappa shape index (κ1) is 19.3. The molecule has 5 nitrogen and oxygen atoms in total. The number of nitrogens with one attached hydrogen (secondary N) is 2. The van der Waals surface area contributed by atoms with Crippen LogP contribution in [0.25, 0.3) is 0 Å². The van der Waals surface area contributed by atoms with Crippen molar-refractivity contribution in [2.24, 2.45) is 0 Å². The quantitative estimate of drug-likeness (QED) is 0.592. The third-order valence-electron chi connectivity index (χ3n) is 4.79. The third kappa shape index (κ3) is 3.93. The number of aromatic nitrogens is 2. The summed E-state index contributed by atoms with van der Waals surface area (Å²) in [4.78, 5) is 12.7. The molecule has 0 saturated carbocycles. The fourth-order valence-corrected chi connectivity index (χ4v) is 3.49. The molecule has 29 heavy (non-hydrogen) atoms. The maximum atomic E-state index is 13.7. The molecule has 2 aromatic carbocycles. The molecule has 0 saturated heterocycles. The smallest absolute Gasteiger partial charge is 0.363 e. The van der Waals surface area contributed by atoms with Crippen molar-refractivity contribution < 1.29 is 18.0 Å². The number of amides is 1. The Balaban J connectivity index is 1.68. The van der Waals surface area contributed by atoms with Gasteiger partial charge in [0.05, 0.1) is 12.2 Å². The monoisotopic (exact) mass is 420 g/mol. The van der Waals surface area contributed by atoms with Crippen LogP contribution < -0.4 is 10.6 Å². The number of nitrogens with zero attached hydrogens (tertiary/aromatic N) is 2. The molecule has 1 aliphatic heterocycles. The van der Waals surface area contributed by atoms with Gasteiger partial charge in [-0.15, -0.1) is 0 Å². The zero-order valence-corrected chi connectivity index (χ0v) is 15.7. The van der Waals surface area contributed by atoms with Gasteiger partial charge in [0.2, 0.25) is 0 Å². The maximum absolute atomic E-state index is 13.7. The Hall–Kier alpha value is -3.00. The molecule has 2 heterocycles.